The largest absolute Gasteiger partial charge is 0.355 e. The summed E-state index contributed by atoms with van der Waals surface area (Å²) < 4.78 is 0. The number of anilines is 1. The Hall–Kier alpha value is -1.62. The van der Waals surface area contributed by atoms with Crippen LogP contribution in [-0.4, -0.2) is 41.1 Å². The van der Waals surface area contributed by atoms with Gasteiger partial charge in [0.1, 0.15) is 17.8 Å². The van der Waals surface area contributed by atoms with E-state index >= 15 is 0 Å². The Morgan fingerprint density at radius 1 is 1.28 bits per heavy atom. The standard InChI is InChI=1S/C13H17N5/c1-4-15-11-10(1)12(17-9-16-11)18-6-3-13(8-18)2-5-14-7-13/h1,4,9,14H,2-3,5-8H2,(H,15,16,17). The molecule has 5 heteroatoms. The van der Waals surface area contributed by atoms with Gasteiger partial charge in [0.15, 0.2) is 0 Å². The number of rotatable bonds is 1. The highest BCUT2D eigenvalue weighted by Gasteiger charge is 2.41. The quantitative estimate of drug-likeness (QED) is 0.789. The monoisotopic (exact) mass is 243 g/mol. The molecule has 1 unspecified atom stereocenters. The van der Waals surface area contributed by atoms with E-state index in [1.54, 1.807) is 6.33 Å². The molecule has 0 aliphatic carbocycles. The topological polar surface area (TPSA) is 56.8 Å². The average Bonchev–Trinajstić information content (AvgIpc) is 3.11. The molecule has 0 radical (unpaired) electrons. The molecule has 0 bridgehead atoms. The van der Waals surface area contributed by atoms with E-state index in [0.717, 1.165) is 43.0 Å². The maximum atomic E-state index is 4.49. The third-order valence-corrected chi connectivity index (χ3v) is 4.40. The minimum atomic E-state index is 0.480. The molecule has 0 amide bonds. The van der Waals surface area contributed by atoms with Gasteiger partial charge in [-0.3, -0.25) is 0 Å². The number of hydrogen-bond acceptors (Lipinski definition) is 4. The van der Waals surface area contributed by atoms with Crippen LogP contribution in [0.4, 0.5) is 5.82 Å². The van der Waals surface area contributed by atoms with Crippen molar-refractivity contribution in [2.45, 2.75) is 12.8 Å². The molecule has 1 atom stereocenters. The number of hydrogen-bond donors (Lipinski definition) is 2. The fourth-order valence-corrected chi connectivity index (χ4v) is 3.37. The second kappa shape index (κ2) is 3.68. The minimum Gasteiger partial charge on any atom is -0.355 e. The Bertz CT molecular complexity index is 570. The van der Waals surface area contributed by atoms with E-state index in [2.05, 4.69) is 31.2 Å². The Balaban J connectivity index is 1.70. The van der Waals surface area contributed by atoms with Gasteiger partial charge in [-0.15, -0.1) is 0 Å². The van der Waals surface area contributed by atoms with Crippen LogP contribution in [0.5, 0.6) is 0 Å². The lowest BCUT2D eigenvalue weighted by Crippen LogP contribution is -2.29. The molecule has 0 saturated carbocycles. The molecule has 18 heavy (non-hydrogen) atoms. The molecule has 2 N–H and O–H groups in total. The Morgan fingerprint density at radius 3 is 3.17 bits per heavy atom. The van der Waals surface area contributed by atoms with Gasteiger partial charge >= 0.3 is 0 Å². The molecule has 2 fully saturated rings. The summed E-state index contributed by atoms with van der Waals surface area (Å²) in [5.74, 6) is 1.09. The maximum absolute atomic E-state index is 4.49. The van der Waals surface area contributed by atoms with E-state index in [0.29, 0.717) is 5.41 Å². The van der Waals surface area contributed by atoms with Crippen LogP contribution in [0, 0.1) is 5.41 Å². The van der Waals surface area contributed by atoms with E-state index in [1.807, 2.05) is 6.20 Å². The number of aromatic amines is 1. The second-order valence-corrected chi connectivity index (χ2v) is 5.54. The molecule has 1 spiro atoms. The molecule has 2 aromatic heterocycles. The first-order valence-corrected chi connectivity index (χ1v) is 6.60. The molecule has 2 aliphatic heterocycles. The summed E-state index contributed by atoms with van der Waals surface area (Å²) in [5, 5.41) is 4.63. The van der Waals surface area contributed by atoms with E-state index < -0.39 is 0 Å². The van der Waals surface area contributed by atoms with Crippen molar-refractivity contribution < 1.29 is 0 Å². The smallest absolute Gasteiger partial charge is 0.142 e. The fourth-order valence-electron chi connectivity index (χ4n) is 3.37. The molecule has 2 saturated heterocycles. The van der Waals surface area contributed by atoms with Crippen molar-refractivity contribution >= 4 is 16.9 Å². The highest BCUT2D eigenvalue weighted by molar-refractivity contribution is 5.87. The van der Waals surface area contributed by atoms with Crippen LogP contribution in [0.25, 0.3) is 11.0 Å². The lowest BCUT2D eigenvalue weighted by atomic mass is 9.87. The van der Waals surface area contributed by atoms with Crippen molar-refractivity contribution in [2.24, 2.45) is 5.41 Å². The molecule has 2 aliphatic rings. The molecule has 5 nitrogen and oxygen atoms in total. The lowest BCUT2D eigenvalue weighted by molar-refractivity contribution is 0.369. The van der Waals surface area contributed by atoms with E-state index in [-0.39, 0.29) is 0 Å². The first kappa shape index (κ1) is 10.3. The van der Waals surface area contributed by atoms with Crippen LogP contribution >= 0.6 is 0 Å². The molecule has 4 heterocycles. The second-order valence-electron chi connectivity index (χ2n) is 5.54. The summed E-state index contributed by atoms with van der Waals surface area (Å²) in [7, 11) is 0. The first-order valence-electron chi connectivity index (χ1n) is 6.60. The number of H-pyrrole nitrogens is 1. The van der Waals surface area contributed by atoms with Gasteiger partial charge in [-0.25, -0.2) is 9.97 Å². The van der Waals surface area contributed by atoms with Gasteiger partial charge in [-0.05, 0) is 25.5 Å². The zero-order valence-corrected chi connectivity index (χ0v) is 10.3. The van der Waals surface area contributed by atoms with Gasteiger partial charge in [0.2, 0.25) is 0 Å². The summed E-state index contributed by atoms with van der Waals surface area (Å²) in [6.45, 7) is 4.55. The van der Waals surface area contributed by atoms with E-state index in [9.17, 15) is 0 Å². The van der Waals surface area contributed by atoms with Crippen molar-refractivity contribution in [1.82, 2.24) is 20.3 Å². The van der Waals surface area contributed by atoms with E-state index in [4.69, 9.17) is 0 Å². The SMILES string of the molecule is c1nc(N2CCC3(CCNC3)C2)c2cc[nH]c2n1. The van der Waals surface area contributed by atoms with Crippen molar-refractivity contribution in [3.05, 3.63) is 18.6 Å². The maximum Gasteiger partial charge on any atom is 0.142 e. The van der Waals surface area contributed by atoms with Gasteiger partial charge in [-0.1, -0.05) is 0 Å². The lowest BCUT2D eigenvalue weighted by Gasteiger charge is -2.23. The zero-order valence-electron chi connectivity index (χ0n) is 10.3. The molecule has 94 valence electrons. The fraction of sp³-hybridized carbons (Fsp3) is 0.538. The Morgan fingerprint density at radius 2 is 2.28 bits per heavy atom. The van der Waals surface area contributed by atoms with Crippen molar-refractivity contribution in [2.75, 3.05) is 31.1 Å². The van der Waals surface area contributed by atoms with Crippen LogP contribution < -0.4 is 10.2 Å². The number of nitrogens with one attached hydrogen (secondary N) is 2. The molecular weight excluding hydrogens is 226 g/mol. The number of nitrogens with zero attached hydrogens (tertiary/aromatic N) is 3. The van der Waals surface area contributed by atoms with Crippen LogP contribution in [0.3, 0.4) is 0 Å². The van der Waals surface area contributed by atoms with Crippen LogP contribution in [0.2, 0.25) is 0 Å². The third kappa shape index (κ3) is 1.43. The highest BCUT2D eigenvalue weighted by atomic mass is 15.2. The van der Waals surface area contributed by atoms with Crippen LogP contribution in [0.1, 0.15) is 12.8 Å². The first-order chi connectivity index (χ1) is 8.86. The average molecular weight is 243 g/mol. The van der Waals surface area contributed by atoms with Crippen LogP contribution in [0.15, 0.2) is 18.6 Å². The van der Waals surface area contributed by atoms with Gasteiger partial charge in [0, 0.05) is 31.2 Å². The van der Waals surface area contributed by atoms with Crippen molar-refractivity contribution in [3.8, 4) is 0 Å². The molecule has 0 aromatic carbocycles. The van der Waals surface area contributed by atoms with Crippen LogP contribution in [-0.2, 0) is 0 Å². The molecular formula is C13H17N5. The van der Waals surface area contributed by atoms with Crippen molar-refractivity contribution in [1.29, 1.82) is 0 Å². The van der Waals surface area contributed by atoms with Gasteiger partial charge in [0.05, 0.1) is 5.39 Å². The summed E-state index contributed by atoms with van der Waals surface area (Å²) in [4.78, 5) is 14.3. The summed E-state index contributed by atoms with van der Waals surface area (Å²) >= 11 is 0. The van der Waals surface area contributed by atoms with Gasteiger partial charge < -0.3 is 15.2 Å². The molecule has 4 rings (SSSR count). The van der Waals surface area contributed by atoms with E-state index in [1.165, 1.54) is 12.8 Å². The highest BCUT2D eigenvalue weighted by Crippen LogP contribution is 2.38. The summed E-state index contributed by atoms with van der Waals surface area (Å²) in [5.41, 5.74) is 1.42. The minimum absolute atomic E-state index is 0.480. The number of fused-ring (bicyclic) bond motifs is 1. The summed E-state index contributed by atoms with van der Waals surface area (Å²) in [6.07, 6.45) is 6.17. The Labute approximate surface area is 106 Å². The zero-order chi connectivity index (χ0) is 12.0. The normalized spacial score (nSPS) is 27.7. The summed E-state index contributed by atoms with van der Waals surface area (Å²) in [6, 6.07) is 2.07. The number of aromatic nitrogens is 3. The van der Waals surface area contributed by atoms with Crippen molar-refractivity contribution in [3.63, 3.8) is 0 Å². The predicted octanol–water partition coefficient (Wildman–Crippen LogP) is 1.15. The van der Waals surface area contributed by atoms with Gasteiger partial charge in [0.25, 0.3) is 0 Å². The Kier molecular flexibility index (Phi) is 2.11. The third-order valence-electron chi connectivity index (χ3n) is 4.40. The molecule has 2 aromatic rings. The predicted molar refractivity (Wildman–Crippen MR) is 70.6 cm³/mol. The van der Waals surface area contributed by atoms with Gasteiger partial charge in [-0.2, -0.15) is 0 Å².